The summed E-state index contributed by atoms with van der Waals surface area (Å²) in [5, 5.41) is 15.3. The van der Waals surface area contributed by atoms with Gasteiger partial charge in [0.15, 0.2) is 0 Å². The molecule has 1 amide bonds. The highest BCUT2D eigenvalue weighted by Gasteiger charge is 2.07. The number of benzene rings is 2. The van der Waals surface area contributed by atoms with Crippen molar-refractivity contribution in [2.24, 2.45) is 0 Å². The first-order valence-electron chi connectivity index (χ1n) is 6.99. The summed E-state index contributed by atoms with van der Waals surface area (Å²) in [6.45, 7) is 2.08. The van der Waals surface area contributed by atoms with E-state index in [0.717, 1.165) is 16.1 Å². The summed E-state index contributed by atoms with van der Waals surface area (Å²) in [6.07, 6.45) is 0. The minimum absolute atomic E-state index is 0.149. The Morgan fingerprint density at radius 2 is 2.04 bits per heavy atom. The van der Waals surface area contributed by atoms with Crippen molar-refractivity contribution in [2.75, 3.05) is 22.9 Å². The maximum atomic E-state index is 12.1. The highest BCUT2D eigenvalue weighted by molar-refractivity contribution is 7.99. The van der Waals surface area contributed by atoms with E-state index < -0.39 is 0 Å². The average Bonchev–Trinajstić information content (AvgIpc) is 2.53. The Morgan fingerprint density at radius 3 is 2.78 bits per heavy atom. The number of nitrogens with zero attached hydrogens (tertiary/aromatic N) is 1. The predicted molar refractivity (Wildman–Crippen MR) is 96.1 cm³/mol. The number of amides is 1. The van der Waals surface area contributed by atoms with Crippen molar-refractivity contribution < 1.29 is 4.79 Å². The fraction of sp³-hybridized carbons (Fsp3) is 0.176. The molecule has 2 rings (SSSR count). The van der Waals surface area contributed by atoms with E-state index in [1.807, 2.05) is 43.3 Å². The van der Waals surface area contributed by atoms with Crippen molar-refractivity contribution in [1.82, 2.24) is 0 Å². The smallest absolute Gasteiger partial charge is 0.243 e. The third kappa shape index (κ3) is 5.20. The van der Waals surface area contributed by atoms with Crippen molar-refractivity contribution in [1.29, 1.82) is 5.26 Å². The number of carbonyl (C=O) groups is 1. The standard InChI is InChI=1S/C17H16ClN3OS/c1-12-10-13(18)6-7-14(12)20-11-17(22)21-15-4-2-3-5-16(15)23-9-8-19/h2-7,10,20H,9,11H2,1H3,(H,21,22). The molecule has 0 saturated heterocycles. The van der Waals surface area contributed by atoms with E-state index in [-0.39, 0.29) is 12.5 Å². The number of para-hydroxylation sites is 1. The number of anilines is 2. The van der Waals surface area contributed by atoms with Crippen LogP contribution in [0.5, 0.6) is 0 Å². The summed E-state index contributed by atoms with van der Waals surface area (Å²) < 4.78 is 0. The van der Waals surface area contributed by atoms with Crippen LogP contribution in [0.25, 0.3) is 0 Å². The number of nitrogens with one attached hydrogen (secondary N) is 2. The van der Waals surface area contributed by atoms with Gasteiger partial charge in [0.1, 0.15) is 0 Å². The highest BCUT2D eigenvalue weighted by Crippen LogP contribution is 2.26. The van der Waals surface area contributed by atoms with Crippen LogP contribution in [0.1, 0.15) is 5.56 Å². The van der Waals surface area contributed by atoms with Gasteiger partial charge in [-0.1, -0.05) is 23.7 Å². The van der Waals surface area contributed by atoms with Gasteiger partial charge in [0.2, 0.25) is 5.91 Å². The number of halogens is 1. The third-order valence-electron chi connectivity index (χ3n) is 3.08. The molecule has 0 unspecified atom stereocenters. The third-order valence-corrected chi connectivity index (χ3v) is 4.26. The Hall–Kier alpha value is -2.16. The zero-order chi connectivity index (χ0) is 16.7. The molecular formula is C17H16ClN3OS. The summed E-state index contributed by atoms with van der Waals surface area (Å²) in [5.74, 6) is 0.194. The van der Waals surface area contributed by atoms with Gasteiger partial charge >= 0.3 is 0 Å². The molecule has 0 aromatic heterocycles. The first-order valence-corrected chi connectivity index (χ1v) is 8.35. The molecule has 0 aliphatic carbocycles. The molecule has 0 aliphatic heterocycles. The van der Waals surface area contributed by atoms with E-state index in [2.05, 4.69) is 16.7 Å². The molecule has 4 nitrogen and oxygen atoms in total. The summed E-state index contributed by atoms with van der Waals surface area (Å²) in [5.41, 5.74) is 2.57. The van der Waals surface area contributed by atoms with Crippen molar-refractivity contribution in [3.05, 3.63) is 53.1 Å². The van der Waals surface area contributed by atoms with Crippen LogP contribution in [0, 0.1) is 18.3 Å². The molecule has 2 aromatic rings. The number of aryl methyl sites for hydroxylation is 1. The van der Waals surface area contributed by atoms with Crippen LogP contribution in [-0.4, -0.2) is 18.2 Å². The number of carbonyl (C=O) groups excluding carboxylic acids is 1. The van der Waals surface area contributed by atoms with Gasteiger partial charge < -0.3 is 10.6 Å². The molecule has 0 aliphatic rings. The quantitative estimate of drug-likeness (QED) is 0.765. The first-order chi connectivity index (χ1) is 11.1. The van der Waals surface area contributed by atoms with Crippen molar-refractivity contribution >= 4 is 40.6 Å². The second-order valence-corrected chi connectivity index (χ2v) is 6.26. The Labute approximate surface area is 144 Å². The molecule has 0 heterocycles. The lowest BCUT2D eigenvalue weighted by atomic mass is 10.2. The van der Waals surface area contributed by atoms with Crippen LogP contribution in [0.15, 0.2) is 47.4 Å². The largest absolute Gasteiger partial charge is 0.376 e. The van der Waals surface area contributed by atoms with Gasteiger partial charge in [-0.05, 0) is 42.8 Å². The topological polar surface area (TPSA) is 64.9 Å². The Kier molecular flexibility index (Phi) is 6.33. The number of thioether (sulfide) groups is 1. The fourth-order valence-corrected chi connectivity index (χ4v) is 2.90. The summed E-state index contributed by atoms with van der Waals surface area (Å²) >= 11 is 7.31. The number of rotatable bonds is 6. The fourth-order valence-electron chi connectivity index (χ4n) is 2.00. The summed E-state index contributed by atoms with van der Waals surface area (Å²) in [4.78, 5) is 13.0. The van der Waals surface area contributed by atoms with Crippen LogP contribution in [-0.2, 0) is 4.79 Å². The number of nitriles is 1. The SMILES string of the molecule is Cc1cc(Cl)ccc1NCC(=O)Nc1ccccc1SCC#N. The van der Waals surface area contributed by atoms with Crippen LogP contribution in [0.4, 0.5) is 11.4 Å². The number of hydrogen-bond acceptors (Lipinski definition) is 4. The minimum Gasteiger partial charge on any atom is -0.376 e. The van der Waals surface area contributed by atoms with Crippen LogP contribution >= 0.6 is 23.4 Å². The van der Waals surface area contributed by atoms with Crippen LogP contribution in [0.2, 0.25) is 5.02 Å². The second kappa shape index (κ2) is 8.47. The van der Waals surface area contributed by atoms with Crippen molar-refractivity contribution in [3.63, 3.8) is 0 Å². The molecule has 23 heavy (non-hydrogen) atoms. The van der Waals surface area contributed by atoms with Crippen LogP contribution in [0.3, 0.4) is 0 Å². The Bertz CT molecular complexity index is 743. The van der Waals surface area contributed by atoms with E-state index in [9.17, 15) is 4.79 Å². The van der Waals surface area contributed by atoms with Gasteiger partial charge in [-0.15, -0.1) is 11.8 Å². The van der Waals surface area contributed by atoms with E-state index >= 15 is 0 Å². The van der Waals surface area contributed by atoms with Crippen LogP contribution < -0.4 is 10.6 Å². The van der Waals surface area contributed by atoms with Crippen molar-refractivity contribution in [2.45, 2.75) is 11.8 Å². The molecule has 0 radical (unpaired) electrons. The van der Waals surface area contributed by atoms with E-state index in [1.165, 1.54) is 11.8 Å². The van der Waals surface area contributed by atoms with Gasteiger partial charge in [-0.2, -0.15) is 5.26 Å². The summed E-state index contributed by atoms with van der Waals surface area (Å²) in [6, 6.07) is 15.0. The molecule has 2 aromatic carbocycles. The molecular weight excluding hydrogens is 330 g/mol. The average molecular weight is 346 g/mol. The summed E-state index contributed by atoms with van der Waals surface area (Å²) in [7, 11) is 0. The van der Waals surface area contributed by atoms with Gasteiger partial charge in [0.25, 0.3) is 0 Å². The van der Waals surface area contributed by atoms with E-state index in [4.69, 9.17) is 16.9 Å². The highest BCUT2D eigenvalue weighted by atomic mass is 35.5. The second-order valence-electron chi connectivity index (χ2n) is 4.80. The maximum Gasteiger partial charge on any atom is 0.243 e. The zero-order valence-corrected chi connectivity index (χ0v) is 14.2. The van der Waals surface area contributed by atoms with E-state index in [0.29, 0.717) is 16.5 Å². The first kappa shape index (κ1) is 17.2. The Morgan fingerprint density at radius 1 is 1.26 bits per heavy atom. The Balaban J connectivity index is 1.96. The number of hydrogen-bond donors (Lipinski definition) is 2. The molecule has 0 saturated carbocycles. The molecule has 0 spiro atoms. The minimum atomic E-state index is -0.149. The van der Waals surface area contributed by atoms with Gasteiger partial charge in [-0.3, -0.25) is 4.79 Å². The van der Waals surface area contributed by atoms with Gasteiger partial charge in [-0.25, -0.2) is 0 Å². The van der Waals surface area contributed by atoms with Crippen molar-refractivity contribution in [3.8, 4) is 6.07 Å². The monoisotopic (exact) mass is 345 g/mol. The molecule has 118 valence electrons. The zero-order valence-electron chi connectivity index (χ0n) is 12.6. The van der Waals surface area contributed by atoms with Gasteiger partial charge in [0, 0.05) is 15.6 Å². The van der Waals surface area contributed by atoms with Gasteiger partial charge in [0.05, 0.1) is 24.1 Å². The lowest BCUT2D eigenvalue weighted by Crippen LogP contribution is -2.22. The lowest BCUT2D eigenvalue weighted by molar-refractivity contribution is -0.114. The predicted octanol–water partition coefficient (Wildman–Crippen LogP) is 4.31. The maximum absolute atomic E-state index is 12.1. The molecule has 2 N–H and O–H groups in total. The molecule has 6 heteroatoms. The molecule has 0 bridgehead atoms. The lowest BCUT2D eigenvalue weighted by Gasteiger charge is -2.12. The molecule has 0 atom stereocenters. The van der Waals surface area contributed by atoms with E-state index in [1.54, 1.807) is 6.07 Å². The molecule has 0 fully saturated rings. The normalized spacial score (nSPS) is 9.96.